The van der Waals surface area contributed by atoms with Gasteiger partial charge in [-0.2, -0.15) is 0 Å². The van der Waals surface area contributed by atoms with Crippen LogP contribution in [0.5, 0.6) is 17.2 Å². The maximum atomic E-state index is 13.6. The molecule has 3 aliphatic rings. The van der Waals surface area contributed by atoms with Gasteiger partial charge >= 0.3 is 0 Å². The number of nitrogens with two attached hydrogens (primary N) is 1. The number of carbonyl (C=O) groups is 3. The smallest absolute Gasteiger partial charge is 0.202 e. The standard InChI is InChI=1S/C27H29NO11.Pb/c1-10-22(31)13(28)6-17(38-10)39-15-8-27(36,16(30)9-29)7-12-19(15)26(35)21-20(24(12)33)23(32)11-4-3-5-14(37-2)18(11)25(21)34;/h3-5,10,13,15,17,22,29,31,33,35-36H,6-9,28H2,1-2H3;/t10-,13-,15-,17-,22+,27-;/m0./s1. The van der Waals surface area contributed by atoms with Gasteiger partial charge < -0.3 is 45.5 Å². The Morgan fingerprint density at radius 3 is 2.45 bits per heavy atom. The second-order valence-corrected chi connectivity index (χ2v) is 10.2. The maximum absolute atomic E-state index is 13.6. The van der Waals surface area contributed by atoms with Gasteiger partial charge in [0.25, 0.3) is 0 Å². The van der Waals surface area contributed by atoms with E-state index in [1.54, 1.807) is 6.92 Å². The molecule has 0 spiro atoms. The third-order valence-electron chi connectivity index (χ3n) is 7.81. The van der Waals surface area contributed by atoms with Crippen molar-refractivity contribution in [2.75, 3.05) is 13.7 Å². The van der Waals surface area contributed by atoms with Crippen LogP contribution in [0, 0.1) is 0 Å². The Morgan fingerprint density at radius 1 is 1.15 bits per heavy atom. The zero-order chi connectivity index (χ0) is 28.4. The number of ether oxygens (including phenoxy) is 3. The molecule has 40 heavy (non-hydrogen) atoms. The first kappa shape index (κ1) is 30.5. The first-order chi connectivity index (χ1) is 18.4. The normalized spacial score (nSPS) is 29.1. The molecule has 2 aliphatic carbocycles. The summed E-state index contributed by atoms with van der Waals surface area (Å²) in [5.41, 5.74) is 2.37. The Labute approximate surface area is 248 Å². The summed E-state index contributed by atoms with van der Waals surface area (Å²) in [6, 6.07) is 3.64. The molecular weight excluding hydrogens is 721 g/mol. The molecule has 1 heterocycles. The maximum Gasteiger partial charge on any atom is 0.202 e. The van der Waals surface area contributed by atoms with Crippen LogP contribution in [0.25, 0.3) is 0 Å². The van der Waals surface area contributed by atoms with Crippen molar-refractivity contribution in [2.24, 2.45) is 5.73 Å². The Kier molecular flexibility index (Phi) is 8.44. The monoisotopic (exact) mass is 751 g/mol. The fourth-order valence-corrected chi connectivity index (χ4v) is 5.75. The topological polar surface area (TPSA) is 206 Å². The van der Waals surface area contributed by atoms with E-state index in [1.165, 1.54) is 25.3 Å². The molecule has 5 rings (SSSR count). The van der Waals surface area contributed by atoms with Crippen LogP contribution in [0.3, 0.4) is 0 Å². The Balaban J connectivity index is 0.00000370. The van der Waals surface area contributed by atoms with Crippen molar-refractivity contribution in [2.45, 2.75) is 62.4 Å². The van der Waals surface area contributed by atoms with Crippen LogP contribution >= 0.6 is 0 Å². The van der Waals surface area contributed by atoms with Crippen molar-refractivity contribution in [3.05, 3.63) is 51.6 Å². The first-order valence-corrected chi connectivity index (χ1v) is 12.4. The summed E-state index contributed by atoms with van der Waals surface area (Å²) in [5, 5.41) is 53.7. The number of hydrogen-bond acceptors (Lipinski definition) is 12. The molecule has 13 heteroatoms. The van der Waals surface area contributed by atoms with E-state index in [0.717, 1.165) is 0 Å². The zero-order valence-electron chi connectivity index (χ0n) is 21.7. The molecule has 0 aromatic heterocycles. The number of fused-ring (bicyclic) bond motifs is 3. The van der Waals surface area contributed by atoms with Crippen molar-refractivity contribution < 1.29 is 54.1 Å². The molecule has 1 saturated heterocycles. The van der Waals surface area contributed by atoms with Crippen molar-refractivity contribution in [1.82, 2.24) is 0 Å². The SMILES string of the molecule is COc1cccc2c1C(=O)c1c(O)c3c(c(O)c1C2=O)C[C@@](O)(C(=O)CO)C[C@@H]3O[C@H]1C[C@H](N)[C@H](O)[C@H](C)O1.[Pb]. The van der Waals surface area contributed by atoms with Gasteiger partial charge in [0.15, 0.2) is 17.9 Å². The number of Topliss-reactive ketones (excluding diaryl/α,β-unsaturated/α-hetero) is 1. The molecule has 212 valence electrons. The van der Waals surface area contributed by atoms with E-state index in [1.807, 2.05) is 0 Å². The largest absolute Gasteiger partial charge is 0.507 e. The minimum atomic E-state index is -2.24. The molecule has 4 radical (unpaired) electrons. The van der Waals surface area contributed by atoms with Gasteiger partial charge in [0.05, 0.1) is 42.1 Å². The van der Waals surface area contributed by atoms with Crippen LogP contribution in [-0.4, -0.2) is 114 Å². The average Bonchev–Trinajstić information content (AvgIpc) is 2.90. The van der Waals surface area contributed by atoms with Crippen LogP contribution < -0.4 is 10.5 Å². The number of phenols is 2. The molecular formula is C27H29NO11Pb. The Hall–Kier alpha value is -2.47. The van der Waals surface area contributed by atoms with E-state index in [2.05, 4.69) is 0 Å². The molecule has 1 fully saturated rings. The first-order valence-electron chi connectivity index (χ1n) is 12.4. The number of aliphatic hydroxyl groups excluding tert-OH is 2. The van der Waals surface area contributed by atoms with Crippen molar-refractivity contribution >= 4 is 44.6 Å². The van der Waals surface area contributed by atoms with Crippen molar-refractivity contribution in [1.29, 1.82) is 0 Å². The Morgan fingerprint density at radius 2 is 1.82 bits per heavy atom. The van der Waals surface area contributed by atoms with Gasteiger partial charge in [-0.25, -0.2) is 0 Å². The fraction of sp³-hybridized carbons (Fsp3) is 0.444. The van der Waals surface area contributed by atoms with E-state index in [-0.39, 0.29) is 61.7 Å². The summed E-state index contributed by atoms with van der Waals surface area (Å²) in [6.07, 6.45) is -5.12. The van der Waals surface area contributed by atoms with Crippen LogP contribution in [0.4, 0.5) is 0 Å². The molecule has 6 atom stereocenters. The van der Waals surface area contributed by atoms with Gasteiger partial charge in [0, 0.05) is 69.3 Å². The van der Waals surface area contributed by atoms with E-state index >= 15 is 0 Å². The predicted molar refractivity (Wildman–Crippen MR) is 138 cm³/mol. The van der Waals surface area contributed by atoms with Crippen LogP contribution in [0.2, 0.25) is 0 Å². The van der Waals surface area contributed by atoms with Gasteiger partial charge in [0.2, 0.25) is 5.78 Å². The number of ketones is 3. The van der Waals surface area contributed by atoms with E-state index in [9.17, 15) is 39.9 Å². The van der Waals surface area contributed by atoms with Gasteiger partial charge in [0.1, 0.15) is 29.5 Å². The second-order valence-electron chi connectivity index (χ2n) is 10.2. The molecule has 0 saturated carbocycles. The summed E-state index contributed by atoms with van der Waals surface area (Å²) in [7, 11) is 1.32. The number of carbonyl (C=O) groups excluding carboxylic acids is 3. The number of benzene rings is 2. The van der Waals surface area contributed by atoms with Crippen LogP contribution in [0.15, 0.2) is 18.2 Å². The summed E-state index contributed by atoms with van der Waals surface area (Å²) in [6.45, 7) is 0.560. The summed E-state index contributed by atoms with van der Waals surface area (Å²) in [4.78, 5) is 39.7. The quantitative estimate of drug-likeness (QED) is 0.146. The van der Waals surface area contributed by atoms with Gasteiger partial charge in [-0.05, 0) is 13.0 Å². The van der Waals surface area contributed by atoms with Crippen LogP contribution in [-0.2, 0) is 20.7 Å². The third-order valence-corrected chi connectivity index (χ3v) is 7.81. The van der Waals surface area contributed by atoms with Crippen molar-refractivity contribution in [3.8, 4) is 17.2 Å². The number of aromatic hydroxyl groups is 2. The van der Waals surface area contributed by atoms with Crippen LogP contribution in [0.1, 0.15) is 68.8 Å². The van der Waals surface area contributed by atoms with Crippen molar-refractivity contribution in [3.63, 3.8) is 0 Å². The van der Waals surface area contributed by atoms with E-state index in [0.29, 0.717) is 0 Å². The summed E-state index contributed by atoms with van der Waals surface area (Å²) < 4.78 is 17.0. The summed E-state index contributed by atoms with van der Waals surface area (Å²) in [5.74, 6) is -3.77. The molecule has 2 aromatic carbocycles. The number of methoxy groups -OCH3 is 1. The zero-order valence-corrected chi connectivity index (χ0v) is 25.6. The predicted octanol–water partition coefficient (Wildman–Crippen LogP) is -0.380. The fourth-order valence-electron chi connectivity index (χ4n) is 5.75. The molecule has 7 N–H and O–H groups in total. The van der Waals surface area contributed by atoms with Gasteiger partial charge in [-0.3, -0.25) is 14.4 Å². The number of aliphatic hydroxyl groups is 3. The Bertz CT molecular complexity index is 1380. The molecule has 0 unspecified atom stereocenters. The number of rotatable bonds is 5. The molecule has 12 nitrogen and oxygen atoms in total. The van der Waals surface area contributed by atoms with E-state index < -0.39 is 95.7 Å². The third kappa shape index (κ3) is 4.64. The van der Waals surface area contributed by atoms with Gasteiger partial charge in [-0.1, -0.05) is 12.1 Å². The molecule has 0 amide bonds. The average molecular weight is 751 g/mol. The molecule has 0 bridgehead atoms. The molecule has 2 aromatic rings. The number of hydrogen-bond donors (Lipinski definition) is 6. The summed E-state index contributed by atoms with van der Waals surface area (Å²) >= 11 is 0. The molecule has 1 aliphatic heterocycles. The number of phenolic OH excluding ortho intramolecular Hbond substituents is 2. The van der Waals surface area contributed by atoms with E-state index in [4.69, 9.17) is 19.9 Å². The minimum Gasteiger partial charge on any atom is -0.507 e. The van der Waals surface area contributed by atoms with Gasteiger partial charge in [-0.15, -0.1) is 0 Å². The second kappa shape index (κ2) is 11.1. The minimum absolute atomic E-state index is 0.